The molecule has 1 aliphatic rings. The number of carboxylic acids is 1. The zero-order valence-electron chi connectivity index (χ0n) is 10.8. The van der Waals surface area contributed by atoms with Crippen LogP contribution in [0.1, 0.15) is 16.1 Å². The van der Waals surface area contributed by atoms with Crippen molar-refractivity contribution in [2.75, 3.05) is 18.1 Å². The predicted octanol–water partition coefficient (Wildman–Crippen LogP) is 3.90. The number of halogens is 2. The third-order valence-corrected chi connectivity index (χ3v) is 4.93. The van der Waals surface area contributed by atoms with Crippen molar-refractivity contribution in [3.63, 3.8) is 0 Å². The molecule has 1 aromatic heterocycles. The number of hydrogen-bond donors (Lipinski definition) is 1. The highest BCUT2D eigenvalue weighted by Crippen LogP contribution is 2.36. The van der Waals surface area contributed by atoms with Crippen LogP contribution in [0.3, 0.4) is 0 Å². The van der Waals surface area contributed by atoms with Crippen molar-refractivity contribution < 1.29 is 19.1 Å². The third kappa shape index (κ3) is 2.80. The molecular formula is C14H11Br2NO4. The second-order valence-corrected chi connectivity index (χ2v) is 6.14. The van der Waals surface area contributed by atoms with Gasteiger partial charge >= 0.3 is 5.97 Å². The van der Waals surface area contributed by atoms with E-state index in [1.807, 2.05) is 17.0 Å². The minimum atomic E-state index is -0.989. The summed E-state index contributed by atoms with van der Waals surface area (Å²) in [6.45, 7) is 1.66. The standard InChI is InChI=1S/C14H11Br2NO4/c15-10-6-8(21-13(10)16)7-17-4-5-20-12-9(14(18)19)2-1-3-11(12)17/h1-3,6H,4-5,7H2,(H,18,19). The zero-order chi connectivity index (χ0) is 15.0. The normalized spacial score (nSPS) is 13.7. The van der Waals surface area contributed by atoms with Crippen molar-refractivity contribution in [1.82, 2.24) is 0 Å². The topological polar surface area (TPSA) is 62.9 Å². The van der Waals surface area contributed by atoms with E-state index in [9.17, 15) is 9.90 Å². The van der Waals surface area contributed by atoms with E-state index in [-0.39, 0.29) is 5.56 Å². The van der Waals surface area contributed by atoms with Gasteiger partial charge in [0.15, 0.2) is 10.4 Å². The maximum atomic E-state index is 11.3. The Morgan fingerprint density at radius 1 is 1.38 bits per heavy atom. The first-order valence-corrected chi connectivity index (χ1v) is 7.82. The van der Waals surface area contributed by atoms with Crippen LogP contribution < -0.4 is 9.64 Å². The van der Waals surface area contributed by atoms with Crippen molar-refractivity contribution in [3.8, 4) is 5.75 Å². The summed E-state index contributed by atoms with van der Waals surface area (Å²) in [5.41, 5.74) is 0.948. The van der Waals surface area contributed by atoms with Crippen LogP contribution in [0, 0.1) is 0 Å². The lowest BCUT2D eigenvalue weighted by Gasteiger charge is -2.31. The number of carbonyl (C=O) groups is 1. The summed E-state index contributed by atoms with van der Waals surface area (Å²) in [4.78, 5) is 13.3. The number of rotatable bonds is 3. The molecule has 0 saturated carbocycles. The van der Waals surface area contributed by atoms with Crippen LogP contribution in [0.5, 0.6) is 5.75 Å². The molecule has 110 valence electrons. The molecular weight excluding hydrogens is 406 g/mol. The molecule has 7 heteroatoms. The second-order valence-electron chi connectivity index (χ2n) is 4.56. The first kappa shape index (κ1) is 14.5. The van der Waals surface area contributed by atoms with Crippen LogP contribution in [-0.4, -0.2) is 24.2 Å². The zero-order valence-corrected chi connectivity index (χ0v) is 14.0. The van der Waals surface area contributed by atoms with E-state index in [1.165, 1.54) is 0 Å². The largest absolute Gasteiger partial charge is 0.489 e. The first-order chi connectivity index (χ1) is 10.1. The number of para-hydroxylation sites is 1. The summed E-state index contributed by atoms with van der Waals surface area (Å²) in [5.74, 6) is 0.209. The minimum Gasteiger partial charge on any atom is -0.489 e. The third-order valence-electron chi connectivity index (χ3n) is 3.22. The van der Waals surface area contributed by atoms with E-state index in [2.05, 4.69) is 31.9 Å². The number of ether oxygens (including phenoxy) is 1. The van der Waals surface area contributed by atoms with Gasteiger partial charge in [0, 0.05) is 0 Å². The van der Waals surface area contributed by atoms with Gasteiger partial charge in [-0.2, -0.15) is 0 Å². The van der Waals surface area contributed by atoms with Gasteiger partial charge in [0.25, 0.3) is 0 Å². The van der Waals surface area contributed by atoms with Crippen molar-refractivity contribution in [1.29, 1.82) is 0 Å². The summed E-state index contributed by atoms with van der Waals surface area (Å²) in [6.07, 6.45) is 0. The monoisotopic (exact) mass is 415 g/mol. The van der Waals surface area contributed by atoms with Crippen LogP contribution >= 0.6 is 31.9 Å². The lowest BCUT2D eigenvalue weighted by molar-refractivity contribution is 0.0692. The SMILES string of the molecule is O=C(O)c1cccc2c1OCCN2Cc1cc(Br)c(Br)o1. The van der Waals surface area contributed by atoms with Crippen LogP contribution in [0.4, 0.5) is 5.69 Å². The van der Waals surface area contributed by atoms with Gasteiger partial charge in [0.05, 0.1) is 23.2 Å². The van der Waals surface area contributed by atoms with E-state index in [4.69, 9.17) is 9.15 Å². The van der Waals surface area contributed by atoms with Crippen LogP contribution in [0.15, 0.2) is 37.8 Å². The Morgan fingerprint density at radius 2 is 2.19 bits per heavy atom. The smallest absolute Gasteiger partial charge is 0.339 e. The Hall–Kier alpha value is -1.47. The van der Waals surface area contributed by atoms with Gasteiger partial charge in [0.1, 0.15) is 17.9 Å². The maximum Gasteiger partial charge on any atom is 0.339 e. The molecule has 0 fully saturated rings. The van der Waals surface area contributed by atoms with Gasteiger partial charge in [-0.1, -0.05) is 6.07 Å². The van der Waals surface area contributed by atoms with Gasteiger partial charge in [0.2, 0.25) is 0 Å². The highest BCUT2D eigenvalue weighted by molar-refractivity contribution is 9.13. The first-order valence-electron chi connectivity index (χ1n) is 6.24. The average Bonchev–Trinajstić information content (AvgIpc) is 2.77. The number of aromatic carboxylic acids is 1. The lowest BCUT2D eigenvalue weighted by Crippen LogP contribution is -2.32. The summed E-state index contributed by atoms with van der Waals surface area (Å²) in [6, 6.07) is 7.01. The minimum absolute atomic E-state index is 0.180. The van der Waals surface area contributed by atoms with E-state index < -0.39 is 5.97 Å². The summed E-state index contributed by atoms with van der Waals surface area (Å²) in [7, 11) is 0. The number of carboxylic acid groups (broad SMARTS) is 1. The van der Waals surface area contributed by atoms with E-state index in [1.54, 1.807) is 12.1 Å². The molecule has 0 aliphatic carbocycles. The van der Waals surface area contributed by atoms with Crippen molar-refractivity contribution in [3.05, 3.63) is 44.7 Å². The number of anilines is 1. The lowest BCUT2D eigenvalue weighted by atomic mass is 10.1. The van der Waals surface area contributed by atoms with Crippen molar-refractivity contribution in [2.45, 2.75) is 6.54 Å². The Kier molecular flexibility index (Phi) is 3.95. The fraction of sp³-hybridized carbons (Fsp3) is 0.214. The van der Waals surface area contributed by atoms with Crippen molar-refractivity contribution in [2.24, 2.45) is 0 Å². The van der Waals surface area contributed by atoms with E-state index in [0.29, 0.717) is 30.1 Å². The Bertz CT molecular complexity index is 679. The van der Waals surface area contributed by atoms with Crippen LogP contribution in [-0.2, 0) is 6.54 Å². The van der Waals surface area contributed by atoms with Gasteiger partial charge in [-0.05, 0) is 50.1 Å². The molecule has 0 unspecified atom stereocenters. The second kappa shape index (κ2) is 5.73. The molecule has 1 aromatic carbocycles. The number of nitrogens with zero attached hydrogens (tertiary/aromatic N) is 1. The van der Waals surface area contributed by atoms with Gasteiger partial charge in [-0.15, -0.1) is 0 Å². The fourth-order valence-electron chi connectivity index (χ4n) is 2.29. The molecule has 5 nitrogen and oxygen atoms in total. The van der Waals surface area contributed by atoms with E-state index in [0.717, 1.165) is 15.9 Å². The van der Waals surface area contributed by atoms with Gasteiger partial charge in [-0.3, -0.25) is 0 Å². The molecule has 0 atom stereocenters. The molecule has 2 aromatic rings. The molecule has 0 saturated heterocycles. The van der Waals surface area contributed by atoms with Crippen molar-refractivity contribution >= 4 is 43.5 Å². The molecule has 0 radical (unpaired) electrons. The molecule has 1 aliphatic heterocycles. The predicted molar refractivity (Wildman–Crippen MR) is 84.1 cm³/mol. The average molecular weight is 417 g/mol. The summed E-state index contributed by atoms with van der Waals surface area (Å²) >= 11 is 6.69. The Morgan fingerprint density at radius 3 is 2.86 bits per heavy atom. The van der Waals surface area contributed by atoms with Gasteiger partial charge in [-0.25, -0.2) is 4.79 Å². The Labute approximate surface area is 137 Å². The number of furan rings is 1. The fourth-order valence-corrected chi connectivity index (χ4v) is 2.95. The van der Waals surface area contributed by atoms with E-state index >= 15 is 0 Å². The highest BCUT2D eigenvalue weighted by atomic mass is 79.9. The molecule has 21 heavy (non-hydrogen) atoms. The number of fused-ring (bicyclic) bond motifs is 1. The molecule has 0 bridgehead atoms. The molecule has 0 amide bonds. The quantitative estimate of drug-likeness (QED) is 0.821. The van der Waals surface area contributed by atoms with Crippen LogP contribution in [0.25, 0.3) is 0 Å². The summed E-state index contributed by atoms with van der Waals surface area (Å²) < 4.78 is 12.6. The number of benzene rings is 1. The van der Waals surface area contributed by atoms with Crippen LogP contribution in [0.2, 0.25) is 0 Å². The highest BCUT2D eigenvalue weighted by Gasteiger charge is 2.24. The maximum absolute atomic E-state index is 11.3. The van der Waals surface area contributed by atoms with Gasteiger partial charge < -0.3 is 19.2 Å². The molecule has 0 spiro atoms. The molecule has 1 N–H and O–H groups in total. The molecule has 3 rings (SSSR count). The Balaban J connectivity index is 1.93. The molecule has 2 heterocycles. The number of hydrogen-bond acceptors (Lipinski definition) is 4. The summed E-state index contributed by atoms with van der Waals surface area (Å²) in [5, 5.41) is 9.23.